The lowest BCUT2D eigenvalue weighted by atomic mass is 10.1. The molecule has 0 saturated carbocycles. The number of hydrogen-bond acceptors (Lipinski definition) is 7. The summed E-state index contributed by atoms with van der Waals surface area (Å²) < 4.78 is 17.3. The summed E-state index contributed by atoms with van der Waals surface area (Å²) in [7, 11) is 1.48. The lowest BCUT2D eigenvalue weighted by Gasteiger charge is -2.22. The number of amides is 4. The van der Waals surface area contributed by atoms with Gasteiger partial charge in [-0.25, -0.2) is 0 Å². The van der Waals surface area contributed by atoms with Crippen molar-refractivity contribution in [1.82, 2.24) is 20.4 Å². The van der Waals surface area contributed by atoms with E-state index in [1.807, 2.05) is 12.1 Å². The van der Waals surface area contributed by atoms with E-state index in [0.717, 1.165) is 24.8 Å². The third kappa shape index (κ3) is 7.08. The molecular formula is C30H36N4O7. The number of fused-ring (bicyclic) bond motifs is 7. The van der Waals surface area contributed by atoms with E-state index in [0.29, 0.717) is 49.7 Å². The largest absolute Gasteiger partial charge is 0.493 e. The molecule has 2 atom stereocenters. The summed E-state index contributed by atoms with van der Waals surface area (Å²) in [6.45, 7) is 1.72. The zero-order chi connectivity index (χ0) is 28.8. The van der Waals surface area contributed by atoms with Crippen LogP contribution in [0, 0.1) is 0 Å². The molecule has 0 aromatic heterocycles. The van der Waals surface area contributed by atoms with Crippen LogP contribution in [0.4, 0.5) is 0 Å². The van der Waals surface area contributed by atoms with Crippen molar-refractivity contribution in [2.75, 3.05) is 39.9 Å². The standard InChI is InChI=1S/C30H36N4O7/c1-39-24-11-8-21-15-25(24)40-19-27(35)31-16-20-6-9-22(10-7-20)41-26-18-34(17-23(26)32-30(21)38)29(37)12-14-33-13-4-2-3-5-28(33)36/h6-11,15,23,26H,2-5,12-14,16-19H2,1H3,(H,31,35)(H,32,38)/t23-,26-/m0/s1. The third-order valence-corrected chi connectivity index (χ3v) is 7.69. The molecule has 4 bridgehead atoms. The predicted octanol–water partition coefficient (Wildman–Crippen LogP) is 1.88. The maximum absolute atomic E-state index is 13.3. The minimum atomic E-state index is -0.488. The van der Waals surface area contributed by atoms with Gasteiger partial charge in [-0.3, -0.25) is 19.2 Å². The SMILES string of the molecule is COc1ccc2cc1OCC(=O)NCc1ccc(cc1)O[C@H]1CN(C(=O)CCN3CCCCCC3=O)C[C@@H]1NC2=O. The van der Waals surface area contributed by atoms with Gasteiger partial charge in [-0.1, -0.05) is 18.6 Å². The second kappa shape index (κ2) is 12.9. The maximum Gasteiger partial charge on any atom is 0.258 e. The summed E-state index contributed by atoms with van der Waals surface area (Å²) >= 11 is 0. The number of methoxy groups -OCH3 is 1. The second-order valence-electron chi connectivity index (χ2n) is 10.6. The molecule has 4 aliphatic heterocycles. The van der Waals surface area contributed by atoms with E-state index in [1.54, 1.807) is 34.1 Å². The van der Waals surface area contributed by atoms with E-state index < -0.39 is 12.1 Å². The number of likely N-dealkylation sites (tertiary alicyclic amines) is 2. The van der Waals surface area contributed by atoms with Gasteiger partial charge in [-0.05, 0) is 48.7 Å². The van der Waals surface area contributed by atoms with Crippen LogP contribution in [0.2, 0.25) is 0 Å². The highest BCUT2D eigenvalue weighted by Crippen LogP contribution is 2.29. The molecule has 4 amide bonds. The number of ether oxygens (including phenoxy) is 3. The molecule has 218 valence electrons. The highest BCUT2D eigenvalue weighted by Gasteiger charge is 2.38. The molecule has 2 saturated heterocycles. The van der Waals surface area contributed by atoms with Crippen LogP contribution in [0.3, 0.4) is 0 Å². The van der Waals surface area contributed by atoms with Crippen LogP contribution in [-0.4, -0.2) is 85.5 Å². The summed E-state index contributed by atoms with van der Waals surface area (Å²) in [6, 6.07) is 11.6. The van der Waals surface area contributed by atoms with Crippen LogP contribution in [0.15, 0.2) is 42.5 Å². The Kier molecular flexibility index (Phi) is 8.91. The quantitative estimate of drug-likeness (QED) is 0.581. The fourth-order valence-corrected chi connectivity index (χ4v) is 5.34. The number of rotatable bonds is 4. The Labute approximate surface area is 239 Å². The highest BCUT2D eigenvalue weighted by atomic mass is 16.5. The first-order chi connectivity index (χ1) is 19.9. The average molecular weight is 565 g/mol. The molecule has 11 nitrogen and oxygen atoms in total. The molecule has 2 aromatic rings. The molecular weight excluding hydrogens is 528 g/mol. The van der Waals surface area contributed by atoms with Gasteiger partial charge in [0, 0.05) is 44.6 Å². The Morgan fingerprint density at radius 1 is 1.05 bits per heavy atom. The van der Waals surface area contributed by atoms with Crippen molar-refractivity contribution in [1.29, 1.82) is 0 Å². The minimum absolute atomic E-state index is 0.0826. The molecule has 0 spiro atoms. The van der Waals surface area contributed by atoms with E-state index in [1.165, 1.54) is 13.2 Å². The van der Waals surface area contributed by atoms with Crippen molar-refractivity contribution in [2.24, 2.45) is 0 Å². The Bertz CT molecular complexity index is 1280. The zero-order valence-corrected chi connectivity index (χ0v) is 23.2. The molecule has 0 radical (unpaired) electrons. The predicted molar refractivity (Wildman–Crippen MR) is 149 cm³/mol. The summed E-state index contributed by atoms with van der Waals surface area (Å²) in [6.07, 6.45) is 3.15. The second-order valence-corrected chi connectivity index (χ2v) is 10.6. The van der Waals surface area contributed by atoms with Gasteiger partial charge < -0.3 is 34.6 Å². The summed E-state index contributed by atoms with van der Waals surface area (Å²) in [4.78, 5) is 54.8. The summed E-state index contributed by atoms with van der Waals surface area (Å²) in [5.41, 5.74) is 1.20. The number of carbonyl (C=O) groups excluding carboxylic acids is 4. The fourth-order valence-electron chi connectivity index (χ4n) is 5.34. The third-order valence-electron chi connectivity index (χ3n) is 7.69. The molecule has 2 fully saturated rings. The van der Waals surface area contributed by atoms with Crippen LogP contribution in [0.5, 0.6) is 17.2 Å². The van der Waals surface area contributed by atoms with Crippen LogP contribution in [-0.2, 0) is 20.9 Å². The zero-order valence-electron chi connectivity index (χ0n) is 23.2. The van der Waals surface area contributed by atoms with E-state index in [-0.39, 0.29) is 49.0 Å². The molecule has 0 aliphatic carbocycles. The van der Waals surface area contributed by atoms with Crippen molar-refractivity contribution in [2.45, 2.75) is 50.8 Å². The van der Waals surface area contributed by atoms with Gasteiger partial charge in [0.05, 0.1) is 19.7 Å². The van der Waals surface area contributed by atoms with Crippen molar-refractivity contribution in [3.8, 4) is 17.2 Å². The van der Waals surface area contributed by atoms with Crippen molar-refractivity contribution < 1.29 is 33.4 Å². The average Bonchev–Trinajstić information content (AvgIpc) is 3.25. The Hall–Kier alpha value is -4.28. The lowest BCUT2D eigenvalue weighted by Crippen LogP contribution is -2.45. The topological polar surface area (TPSA) is 127 Å². The highest BCUT2D eigenvalue weighted by molar-refractivity contribution is 5.95. The van der Waals surface area contributed by atoms with Gasteiger partial charge in [-0.2, -0.15) is 0 Å². The number of nitrogens with one attached hydrogen (secondary N) is 2. The number of carbonyl (C=O) groups is 4. The summed E-state index contributed by atoms with van der Waals surface area (Å²) in [5.74, 6) is 0.588. The first kappa shape index (κ1) is 28.3. The normalized spacial score (nSPS) is 21.5. The van der Waals surface area contributed by atoms with Gasteiger partial charge in [0.2, 0.25) is 11.8 Å². The van der Waals surface area contributed by atoms with E-state index in [9.17, 15) is 19.2 Å². The van der Waals surface area contributed by atoms with Crippen LogP contribution >= 0.6 is 0 Å². The van der Waals surface area contributed by atoms with Crippen LogP contribution in [0.1, 0.15) is 48.0 Å². The lowest BCUT2D eigenvalue weighted by molar-refractivity contribution is -0.133. The number of benzene rings is 2. The minimum Gasteiger partial charge on any atom is -0.493 e. The van der Waals surface area contributed by atoms with Crippen LogP contribution < -0.4 is 24.8 Å². The number of nitrogens with zero attached hydrogens (tertiary/aromatic N) is 2. The van der Waals surface area contributed by atoms with E-state index in [2.05, 4.69) is 10.6 Å². The maximum atomic E-state index is 13.3. The van der Waals surface area contributed by atoms with Crippen LogP contribution in [0.25, 0.3) is 0 Å². The van der Waals surface area contributed by atoms with E-state index in [4.69, 9.17) is 14.2 Å². The first-order valence-corrected chi connectivity index (χ1v) is 14.1. The van der Waals surface area contributed by atoms with Crippen molar-refractivity contribution >= 4 is 23.6 Å². The molecule has 4 heterocycles. The van der Waals surface area contributed by atoms with Gasteiger partial charge in [0.15, 0.2) is 18.1 Å². The van der Waals surface area contributed by atoms with Gasteiger partial charge in [0.25, 0.3) is 11.8 Å². The summed E-state index contributed by atoms with van der Waals surface area (Å²) in [5, 5.41) is 5.84. The molecule has 41 heavy (non-hydrogen) atoms. The number of hydrogen-bond donors (Lipinski definition) is 2. The van der Waals surface area contributed by atoms with Crippen molar-refractivity contribution in [3.63, 3.8) is 0 Å². The molecule has 0 unspecified atom stereocenters. The Morgan fingerprint density at radius 2 is 1.88 bits per heavy atom. The van der Waals surface area contributed by atoms with E-state index >= 15 is 0 Å². The van der Waals surface area contributed by atoms with Gasteiger partial charge in [0.1, 0.15) is 11.9 Å². The molecule has 4 aliphatic rings. The Morgan fingerprint density at radius 3 is 2.68 bits per heavy atom. The Balaban J connectivity index is 1.34. The molecule has 6 rings (SSSR count). The molecule has 11 heteroatoms. The molecule has 2 N–H and O–H groups in total. The van der Waals surface area contributed by atoms with Crippen molar-refractivity contribution in [3.05, 3.63) is 53.6 Å². The first-order valence-electron chi connectivity index (χ1n) is 14.1. The fraction of sp³-hybridized carbons (Fsp3) is 0.467. The van der Waals surface area contributed by atoms with Gasteiger partial charge in [-0.15, -0.1) is 0 Å². The smallest absolute Gasteiger partial charge is 0.258 e. The monoisotopic (exact) mass is 564 g/mol. The van der Waals surface area contributed by atoms with Gasteiger partial charge >= 0.3 is 0 Å². The molecule has 2 aromatic carbocycles.